The molecule has 2 amide bonds. The van der Waals surface area contributed by atoms with Crippen LogP contribution in [0.3, 0.4) is 0 Å². The number of amides is 2. The van der Waals surface area contributed by atoms with Gasteiger partial charge in [0.05, 0.1) is 17.6 Å². The number of hydrazine groups is 1. The Morgan fingerprint density at radius 2 is 1.84 bits per heavy atom. The number of aryl methyl sites for hydroxylation is 2. The molecule has 0 saturated heterocycles. The van der Waals surface area contributed by atoms with Gasteiger partial charge in [-0.15, -0.1) is 11.3 Å². The molecule has 1 aromatic carbocycles. The number of methoxy groups -OCH3 is 1. The second-order valence-electron chi connectivity index (χ2n) is 5.87. The van der Waals surface area contributed by atoms with Crippen LogP contribution < -0.4 is 15.6 Å². The molecule has 1 aliphatic rings. The average Bonchev–Trinajstić information content (AvgIpc) is 2.90. The van der Waals surface area contributed by atoms with E-state index in [-0.39, 0.29) is 5.91 Å². The van der Waals surface area contributed by atoms with Crippen LogP contribution in [0.25, 0.3) is 0 Å². The predicted molar refractivity (Wildman–Crippen MR) is 101 cm³/mol. The summed E-state index contributed by atoms with van der Waals surface area (Å²) in [6, 6.07) is 7.04. The maximum absolute atomic E-state index is 12.3. The third-order valence-corrected chi connectivity index (χ3v) is 6.11. The van der Waals surface area contributed by atoms with E-state index in [1.165, 1.54) is 48.1 Å². The third-order valence-electron chi connectivity index (χ3n) is 4.18. The van der Waals surface area contributed by atoms with Gasteiger partial charge in [0, 0.05) is 9.35 Å². The number of halogens is 1. The van der Waals surface area contributed by atoms with E-state index in [1.807, 2.05) is 6.07 Å². The van der Waals surface area contributed by atoms with E-state index in [1.54, 1.807) is 18.2 Å². The van der Waals surface area contributed by atoms with Gasteiger partial charge in [0.15, 0.2) is 0 Å². The normalized spacial score (nSPS) is 13.5. The first-order valence-electron chi connectivity index (χ1n) is 8.14. The molecule has 7 heteroatoms. The number of thiophene rings is 1. The van der Waals surface area contributed by atoms with Crippen LogP contribution >= 0.6 is 27.3 Å². The molecule has 2 N–H and O–H groups in total. The average molecular weight is 423 g/mol. The van der Waals surface area contributed by atoms with Gasteiger partial charge in [0.1, 0.15) is 5.75 Å². The lowest BCUT2D eigenvalue weighted by Gasteiger charge is -2.09. The fraction of sp³-hybridized carbons (Fsp3) is 0.333. The van der Waals surface area contributed by atoms with Crippen molar-refractivity contribution in [2.75, 3.05) is 7.11 Å². The fourth-order valence-electron chi connectivity index (χ4n) is 2.83. The quantitative estimate of drug-likeness (QED) is 0.582. The van der Waals surface area contributed by atoms with Crippen molar-refractivity contribution in [1.29, 1.82) is 0 Å². The maximum atomic E-state index is 12.3. The number of carbonyl (C=O) groups excluding carboxylic acids is 2. The third kappa shape index (κ3) is 4.22. The molecular formula is C18H19BrN2O3S. The zero-order valence-electron chi connectivity index (χ0n) is 13.9. The largest absolute Gasteiger partial charge is 0.497 e. The molecule has 0 atom stereocenters. The molecule has 0 spiro atoms. The van der Waals surface area contributed by atoms with Gasteiger partial charge in [-0.05, 0) is 71.4 Å². The van der Waals surface area contributed by atoms with Crippen LogP contribution in [0.5, 0.6) is 5.75 Å². The standard InChI is InChI=1S/C18H19BrN2O3S/c1-24-12-7-8-14(19)13(10-12)17(22)20-21-18(23)16-9-11-5-3-2-4-6-15(11)25-16/h7-10H,2-6H2,1H3,(H,20,22)(H,21,23). The Hall–Kier alpha value is -1.86. The van der Waals surface area contributed by atoms with Crippen molar-refractivity contribution in [3.05, 3.63) is 49.6 Å². The lowest BCUT2D eigenvalue weighted by Crippen LogP contribution is -2.41. The van der Waals surface area contributed by atoms with E-state index in [2.05, 4.69) is 26.8 Å². The minimum absolute atomic E-state index is 0.287. The van der Waals surface area contributed by atoms with Crippen LogP contribution in [0, 0.1) is 0 Å². The molecule has 0 saturated carbocycles. The number of rotatable bonds is 3. The highest BCUT2D eigenvalue weighted by molar-refractivity contribution is 9.10. The molecule has 1 heterocycles. The first kappa shape index (κ1) is 17.9. The van der Waals surface area contributed by atoms with Gasteiger partial charge in [-0.1, -0.05) is 6.42 Å². The zero-order chi connectivity index (χ0) is 17.8. The van der Waals surface area contributed by atoms with E-state index >= 15 is 0 Å². The van der Waals surface area contributed by atoms with Gasteiger partial charge >= 0.3 is 0 Å². The van der Waals surface area contributed by atoms with E-state index in [0.29, 0.717) is 20.7 Å². The highest BCUT2D eigenvalue weighted by atomic mass is 79.9. The Morgan fingerprint density at radius 1 is 1.08 bits per heavy atom. The molecule has 0 bridgehead atoms. The molecule has 0 unspecified atom stereocenters. The first-order valence-corrected chi connectivity index (χ1v) is 9.75. The molecule has 25 heavy (non-hydrogen) atoms. The topological polar surface area (TPSA) is 67.4 Å². The fourth-order valence-corrected chi connectivity index (χ4v) is 4.40. The first-order chi connectivity index (χ1) is 12.1. The van der Waals surface area contributed by atoms with Gasteiger partial charge in [-0.2, -0.15) is 0 Å². The SMILES string of the molecule is COc1ccc(Br)c(C(=O)NNC(=O)c2cc3c(s2)CCCCC3)c1. The lowest BCUT2D eigenvalue weighted by atomic mass is 10.1. The Balaban J connectivity index is 1.65. The van der Waals surface area contributed by atoms with Crippen molar-refractivity contribution >= 4 is 39.1 Å². The Morgan fingerprint density at radius 3 is 2.64 bits per heavy atom. The Kier molecular flexibility index (Phi) is 5.75. The summed E-state index contributed by atoms with van der Waals surface area (Å²) in [5, 5.41) is 0. The number of carbonyl (C=O) groups is 2. The van der Waals surface area contributed by atoms with Crippen LogP contribution in [-0.2, 0) is 12.8 Å². The van der Waals surface area contributed by atoms with Crippen molar-refractivity contribution in [2.45, 2.75) is 32.1 Å². The number of benzene rings is 1. The Labute approximate surface area is 158 Å². The van der Waals surface area contributed by atoms with Crippen molar-refractivity contribution < 1.29 is 14.3 Å². The number of fused-ring (bicyclic) bond motifs is 1. The molecule has 2 aromatic rings. The number of ether oxygens (including phenoxy) is 1. The van der Waals surface area contributed by atoms with Crippen LogP contribution in [0.4, 0.5) is 0 Å². The van der Waals surface area contributed by atoms with Crippen LogP contribution in [-0.4, -0.2) is 18.9 Å². The molecule has 1 aromatic heterocycles. The summed E-state index contributed by atoms with van der Waals surface area (Å²) in [5.41, 5.74) is 6.62. The molecule has 0 aliphatic heterocycles. The van der Waals surface area contributed by atoms with Gasteiger partial charge in [-0.25, -0.2) is 0 Å². The van der Waals surface area contributed by atoms with Gasteiger partial charge < -0.3 is 4.74 Å². The zero-order valence-corrected chi connectivity index (χ0v) is 16.3. The van der Waals surface area contributed by atoms with Crippen molar-refractivity contribution in [2.24, 2.45) is 0 Å². The van der Waals surface area contributed by atoms with Crippen molar-refractivity contribution in [3.8, 4) is 5.75 Å². The van der Waals surface area contributed by atoms with Crippen LogP contribution in [0.15, 0.2) is 28.7 Å². The van der Waals surface area contributed by atoms with Crippen molar-refractivity contribution in [3.63, 3.8) is 0 Å². The predicted octanol–water partition coefficient (Wildman–Crippen LogP) is 3.86. The lowest BCUT2D eigenvalue weighted by molar-refractivity contribution is 0.0848. The van der Waals surface area contributed by atoms with E-state index < -0.39 is 5.91 Å². The van der Waals surface area contributed by atoms with Crippen LogP contribution in [0.2, 0.25) is 0 Å². The molecule has 3 rings (SSSR count). The highest BCUT2D eigenvalue weighted by Crippen LogP contribution is 2.29. The molecule has 0 fully saturated rings. The number of hydrogen-bond acceptors (Lipinski definition) is 4. The molecule has 5 nitrogen and oxygen atoms in total. The second kappa shape index (κ2) is 8.01. The van der Waals surface area contributed by atoms with Gasteiger partial charge in [0.2, 0.25) is 0 Å². The Bertz CT molecular complexity index is 780. The van der Waals surface area contributed by atoms with E-state index in [0.717, 1.165) is 12.8 Å². The minimum Gasteiger partial charge on any atom is -0.497 e. The summed E-state index contributed by atoms with van der Waals surface area (Å²) in [6.07, 6.45) is 5.66. The maximum Gasteiger partial charge on any atom is 0.279 e. The summed E-state index contributed by atoms with van der Waals surface area (Å²) in [7, 11) is 1.54. The van der Waals surface area contributed by atoms with Gasteiger partial charge in [0.25, 0.3) is 11.8 Å². The van der Waals surface area contributed by atoms with Crippen LogP contribution in [0.1, 0.15) is 49.7 Å². The minimum atomic E-state index is -0.405. The summed E-state index contributed by atoms with van der Waals surface area (Å²) in [6.45, 7) is 0. The van der Waals surface area contributed by atoms with E-state index in [9.17, 15) is 9.59 Å². The van der Waals surface area contributed by atoms with Crippen molar-refractivity contribution in [1.82, 2.24) is 10.9 Å². The monoisotopic (exact) mass is 422 g/mol. The van der Waals surface area contributed by atoms with Gasteiger partial charge in [-0.3, -0.25) is 20.4 Å². The second-order valence-corrected chi connectivity index (χ2v) is 7.86. The number of nitrogens with one attached hydrogen (secondary N) is 2. The summed E-state index contributed by atoms with van der Waals surface area (Å²) in [5.74, 6) is -0.121. The summed E-state index contributed by atoms with van der Waals surface area (Å²) < 4.78 is 5.75. The molecule has 0 radical (unpaired) electrons. The molecular weight excluding hydrogens is 404 g/mol. The smallest absolute Gasteiger partial charge is 0.279 e. The summed E-state index contributed by atoms with van der Waals surface area (Å²) in [4.78, 5) is 26.6. The molecule has 132 valence electrons. The number of hydrogen-bond donors (Lipinski definition) is 2. The van der Waals surface area contributed by atoms with E-state index in [4.69, 9.17) is 4.74 Å². The highest BCUT2D eigenvalue weighted by Gasteiger charge is 2.18. The molecule has 1 aliphatic carbocycles. The summed E-state index contributed by atoms with van der Waals surface area (Å²) >= 11 is 4.85.